The van der Waals surface area contributed by atoms with Gasteiger partial charge in [-0.3, -0.25) is 0 Å². The Kier molecular flexibility index (Phi) is 3.03. The maximum Gasteiger partial charge on any atom is 0.127 e. The summed E-state index contributed by atoms with van der Waals surface area (Å²) < 4.78 is 5.76. The van der Waals surface area contributed by atoms with Crippen LogP contribution in [-0.2, 0) is 5.41 Å². The van der Waals surface area contributed by atoms with Crippen LogP contribution in [0, 0.1) is 5.92 Å². The van der Waals surface area contributed by atoms with Gasteiger partial charge >= 0.3 is 0 Å². The van der Waals surface area contributed by atoms with E-state index in [0.717, 1.165) is 17.9 Å². The van der Waals surface area contributed by atoms with E-state index in [0.29, 0.717) is 5.92 Å². The van der Waals surface area contributed by atoms with Gasteiger partial charge in [0.15, 0.2) is 0 Å². The van der Waals surface area contributed by atoms with E-state index < -0.39 is 0 Å². The molecule has 0 aliphatic heterocycles. The molecule has 1 fully saturated rings. The minimum atomic E-state index is -0.00865. The summed E-state index contributed by atoms with van der Waals surface area (Å²) in [4.78, 5) is 0. The molecule has 0 spiro atoms. The molecule has 0 amide bonds. The van der Waals surface area contributed by atoms with Crippen molar-refractivity contribution in [1.82, 2.24) is 0 Å². The average molecular weight is 254 g/mol. The lowest BCUT2D eigenvalue weighted by Gasteiger charge is -2.14. The Morgan fingerprint density at radius 3 is 2.16 bits per heavy atom. The Morgan fingerprint density at radius 1 is 1.05 bits per heavy atom. The molecular formula is C17H18O2. The molecule has 1 saturated carbocycles. The molecule has 2 nitrogen and oxygen atoms in total. The van der Waals surface area contributed by atoms with Crippen molar-refractivity contribution in [3.05, 3.63) is 60.2 Å². The summed E-state index contributed by atoms with van der Waals surface area (Å²) >= 11 is 0. The van der Waals surface area contributed by atoms with Gasteiger partial charge < -0.3 is 9.84 Å². The van der Waals surface area contributed by atoms with Crippen molar-refractivity contribution in [2.75, 3.05) is 6.61 Å². The molecule has 2 atom stereocenters. The first-order valence-corrected chi connectivity index (χ1v) is 6.69. The molecule has 0 aromatic heterocycles. The molecule has 1 N–H and O–H groups in total. The summed E-state index contributed by atoms with van der Waals surface area (Å²) in [6, 6.07) is 17.8. The Hall–Kier alpha value is -1.80. The molecule has 19 heavy (non-hydrogen) atoms. The molecule has 0 heterocycles. The Labute approximate surface area is 113 Å². The van der Waals surface area contributed by atoms with E-state index in [1.165, 1.54) is 5.56 Å². The third-order valence-corrected chi connectivity index (χ3v) is 4.14. The van der Waals surface area contributed by atoms with Crippen LogP contribution in [0.1, 0.15) is 18.9 Å². The van der Waals surface area contributed by atoms with Gasteiger partial charge in [0.05, 0.1) is 6.61 Å². The molecule has 0 bridgehead atoms. The molecule has 2 heteroatoms. The van der Waals surface area contributed by atoms with Gasteiger partial charge in [0.2, 0.25) is 0 Å². The number of aliphatic hydroxyl groups excluding tert-OH is 1. The van der Waals surface area contributed by atoms with Gasteiger partial charge in [-0.05, 0) is 42.2 Å². The highest BCUT2D eigenvalue weighted by molar-refractivity contribution is 5.39. The maximum atomic E-state index is 9.55. The quantitative estimate of drug-likeness (QED) is 0.900. The fourth-order valence-electron chi connectivity index (χ4n) is 2.68. The van der Waals surface area contributed by atoms with Crippen LogP contribution in [0.5, 0.6) is 11.5 Å². The number of rotatable bonds is 4. The molecule has 2 aromatic rings. The smallest absolute Gasteiger partial charge is 0.127 e. The second kappa shape index (κ2) is 4.71. The predicted octanol–water partition coefficient (Wildman–Crippen LogP) is 3.75. The van der Waals surface area contributed by atoms with Gasteiger partial charge in [-0.15, -0.1) is 0 Å². The Bertz CT molecular complexity index is 543. The molecule has 98 valence electrons. The standard InChI is InChI=1S/C17H18O2/c1-13-11-17(13,12-18)14-7-9-16(10-8-14)19-15-5-3-2-4-6-15/h2-10,13,18H,11-12H2,1H3. The average Bonchev–Trinajstić information content (AvgIpc) is 3.13. The van der Waals surface area contributed by atoms with Crippen LogP contribution in [0.2, 0.25) is 0 Å². The molecule has 1 aliphatic carbocycles. The van der Waals surface area contributed by atoms with E-state index in [-0.39, 0.29) is 12.0 Å². The summed E-state index contributed by atoms with van der Waals surface area (Å²) in [7, 11) is 0. The minimum absolute atomic E-state index is 0.00865. The number of hydrogen-bond acceptors (Lipinski definition) is 2. The molecule has 3 rings (SSSR count). The van der Waals surface area contributed by atoms with Gasteiger partial charge in [-0.1, -0.05) is 37.3 Å². The van der Waals surface area contributed by atoms with Crippen LogP contribution < -0.4 is 4.74 Å². The normalized spacial score (nSPS) is 25.1. The number of hydrogen-bond donors (Lipinski definition) is 1. The molecule has 1 aliphatic rings. The van der Waals surface area contributed by atoms with Crippen LogP contribution in [0.25, 0.3) is 0 Å². The highest BCUT2D eigenvalue weighted by Gasteiger charge is 2.51. The molecule has 0 saturated heterocycles. The first-order valence-electron chi connectivity index (χ1n) is 6.69. The van der Waals surface area contributed by atoms with Gasteiger partial charge in [0, 0.05) is 5.41 Å². The van der Waals surface area contributed by atoms with Crippen molar-refractivity contribution in [3.63, 3.8) is 0 Å². The second-order valence-corrected chi connectivity index (χ2v) is 5.36. The molecule has 2 aromatic carbocycles. The van der Waals surface area contributed by atoms with Crippen LogP contribution in [0.4, 0.5) is 0 Å². The van der Waals surface area contributed by atoms with E-state index in [9.17, 15) is 5.11 Å². The zero-order valence-electron chi connectivity index (χ0n) is 11.0. The number of benzene rings is 2. The number of para-hydroxylation sites is 1. The van der Waals surface area contributed by atoms with Crippen LogP contribution in [0.3, 0.4) is 0 Å². The lowest BCUT2D eigenvalue weighted by molar-refractivity contribution is 0.247. The molecule has 0 radical (unpaired) electrons. The van der Waals surface area contributed by atoms with E-state index in [1.54, 1.807) is 0 Å². The van der Waals surface area contributed by atoms with Crippen molar-refractivity contribution < 1.29 is 9.84 Å². The van der Waals surface area contributed by atoms with Crippen molar-refractivity contribution in [2.45, 2.75) is 18.8 Å². The minimum Gasteiger partial charge on any atom is -0.457 e. The fraction of sp³-hybridized carbons (Fsp3) is 0.294. The van der Waals surface area contributed by atoms with Crippen molar-refractivity contribution in [3.8, 4) is 11.5 Å². The van der Waals surface area contributed by atoms with E-state index in [4.69, 9.17) is 4.74 Å². The summed E-state index contributed by atoms with van der Waals surface area (Å²) in [5, 5.41) is 9.55. The summed E-state index contributed by atoms with van der Waals surface area (Å²) in [6.07, 6.45) is 1.07. The lowest BCUT2D eigenvalue weighted by Crippen LogP contribution is -2.14. The Balaban J connectivity index is 1.77. The number of ether oxygens (including phenoxy) is 1. The highest BCUT2D eigenvalue weighted by atomic mass is 16.5. The monoisotopic (exact) mass is 254 g/mol. The lowest BCUT2D eigenvalue weighted by atomic mass is 9.94. The first kappa shape index (κ1) is 12.2. The zero-order chi connectivity index (χ0) is 13.3. The Morgan fingerprint density at radius 2 is 1.63 bits per heavy atom. The van der Waals surface area contributed by atoms with Gasteiger partial charge in [-0.25, -0.2) is 0 Å². The van der Waals surface area contributed by atoms with Crippen molar-refractivity contribution in [1.29, 1.82) is 0 Å². The third kappa shape index (κ3) is 2.24. The topological polar surface area (TPSA) is 29.5 Å². The summed E-state index contributed by atoms with van der Waals surface area (Å²) in [6.45, 7) is 2.41. The van der Waals surface area contributed by atoms with Crippen LogP contribution in [-0.4, -0.2) is 11.7 Å². The van der Waals surface area contributed by atoms with Crippen LogP contribution in [0.15, 0.2) is 54.6 Å². The maximum absolute atomic E-state index is 9.55. The van der Waals surface area contributed by atoms with Crippen molar-refractivity contribution >= 4 is 0 Å². The van der Waals surface area contributed by atoms with E-state index >= 15 is 0 Å². The molecular weight excluding hydrogens is 236 g/mol. The van der Waals surface area contributed by atoms with E-state index in [1.807, 2.05) is 42.5 Å². The fourth-order valence-corrected chi connectivity index (χ4v) is 2.68. The first-order chi connectivity index (χ1) is 9.24. The predicted molar refractivity (Wildman–Crippen MR) is 75.5 cm³/mol. The van der Waals surface area contributed by atoms with Crippen LogP contribution >= 0.6 is 0 Å². The van der Waals surface area contributed by atoms with Gasteiger partial charge in [0.1, 0.15) is 11.5 Å². The molecule has 2 unspecified atom stereocenters. The van der Waals surface area contributed by atoms with Gasteiger partial charge in [0.25, 0.3) is 0 Å². The van der Waals surface area contributed by atoms with E-state index in [2.05, 4.69) is 19.1 Å². The number of aliphatic hydroxyl groups is 1. The summed E-state index contributed by atoms with van der Waals surface area (Å²) in [5.41, 5.74) is 1.20. The largest absolute Gasteiger partial charge is 0.457 e. The summed E-state index contributed by atoms with van der Waals surface area (Å²) in [5.74, 6) is 2.24. The highest BCUT2D eigenvalue weighted by Crippen LogP contribution is 2.53. The van der Waals surface area contributed by atoms with Crippen molar-refractivity contribution in [2.24, 2.45) is 5.92 Å². The van der Waals surface area contributed by atoms with Gasteiger partial charge in [-0.2, -0.15) is 0 Å². The zero-order valence-corrected chi connectivity index (χ0v) is 11.0. The second-order valence-electron chi connectivity index (χ2n) is 5.36. The SMILES string of the molecule is CC1CC1(CO)c1ccc(Oc2ccccc2)cc1. The third-order valence-electron chi connectivity index (χ3n) is 4.14.